The number of hydrogen-bond donors (Lipinski definition) is 3. The molecule has 9 heteroatoms. The third kappa shape index (κ3) is 4.67. The molecule has 0 saturated heterocycles. The lowest BCUT2D eigenvalue weighted by molar-refractivity contribution is 0.100. The van der Waals surface area contributed by atoms with Crippen molar-refractivity contribution in [1.29, 1.82) is 0 Å². The fraction of sp³-hybridized carbons (Fsp3) is 0.524. The van der Waals surface area contributed by atoms with Crippen LogP contribution >= 0.6 is 0 Å². The molecule has 2 aliphatic rings. The lowest BCUT2D eigenvalue weighted by Crippen LogP contribution is -2.25. The number of primary amides is 1. The van der Waals surface area contributed by atoms with Crippen LogP contribution in [0.15, 0.2) is 35.4 Å². The van der Waals surface area contributed by atoms with Crippen LogP contribution in [0.2, 0.25) is 0 Å². The molecular formula is C21H29N5O3S. The fourth-order valence-electron chi connectivity index (χ4n) is 4.01. The van der Waals surface area contributed by atoms with Crippen molar-refractivity contribution >= 4 is 27.4 Å². The SMILES string of the molecule is C[C@@H]1CCCC[C@H]1n1cc(C(N)=O)c(Nc2ccc(S(=O)(=O)NCC3CC3)cc2)n1. The highest BCUT2D eigenvalue weighted by atomic mass is 32.2. The van der Waals surface area contributed by atoms with Crippen LogP contribution in [-0.4, -0.2) is 30.7 Å². The molecule has 0 aliphatic heterocycles. The molecule has 162 valence electrons. The van der Waals surface area contributed by atoms with Gasteiger partial charge in [-0.25, -0.2) is 13.1 Å². The van der Waals surface area contributed by atoms with Crippen LogP contribution in [0, 0.1) is 11.8 Å². The lowest BCUT2D eigenvalue weighted by atomic mass is 9.86. The topological polar surface area (TPSA) is 119 Å². The van der Waals surface area contributed by atoms with Crippen LogP contribution in [0.4, 0.5) is 11.5 Å². The highest BCUT2D eigenvalue weighted by molar-refractivity contribution is 7.89. The van der Waals surface area contributed by atoms with E-state index in [0.717, 1.165) is 32.1 Å². The van der Waals surface area contributed by atoms with Crippen molar-refractivity contribution in [3.63, 3.8) is 0 Å². The molecule has 1 aromatic heterocycles. The summed E-state index contributed by atoms with van der Waals surface area (Å²) in [4.78, 5) is 12.2. The molecule has 8 nitrogen and oxygen atoms in total. The third-order valence-corrected chi connectivity index (χ3v) is 7.53. The minimum absolute atomic E-state index is 0.213. The van der Waals surface area contributed by atoms with Gasteiger partial charge in [0.15, 0.2) is 5.82 Å². The summed E-state index contributed by atoms with van der Waals surface area (Å²) in [5.41, 5.74) is 6.54. The summed E-state index contributed by atoms with van der Waals surface area (Å²) in [5, 5.41) is 7.72. The number of aromatic nitrogens is 2. The normalized spacial score (nSPS) is 22.0. The van der Waals surface area contributed by atoms with Crippen molar-refractivity contribution in [2.24, 2.45) is 17.6 Å². The number of rotatable bonds is 8. The maximum absolute atomic E-state index is 12.4. The zero-order valence-corrected chi connectivity index (χ0v) is 18.0. The summed E-state index contributed by atoms with van der Waals surface area (Å²) < 4.78 is 29.3. The van der Waals surface area contributed by atoms with Crippen LogP contribution in [0.5, 0.6) is 0 Å². The molecule has 2 saturated carbocycles. The maximum Gasteiger partial charge on any atom is 0.254 e. The Morgan fingerprint density at radius 2 is 1.87 bits per heavy atom. The number of sulfonamides is 1. The van der Waals surface area contributed by atoms with Gasteiger partial charge in [-0.2, -0.15) is 5.10 Å². The van der Waals surface area contributed by atoms with Crippen LogP contribution in [-0.2, 0) is 10.0 Å². The Hall–Kier alpha value is -2.39. The summed E-state index contributed by atoms with van der Waals surface area (Å²) in [6, 6.07) is 6.67. The number of nitrogens with one attached hydrogen (secondary N) is 2. The third-order valence-electron chi connectivity index (χ3n) is 6.09. The van der Waals surface area contributed by atoms with Gasteiger partial charge in [0.1, 0.15) is 5.56 Å². The monoisotopic (exact) mass is 431 g/mol. The summed E-state index contributed by atoms with van der Waals surface area (Å²) in [6.45, 7) is 2.69. The number of anilines is 2. The van der Waals surface area contributed by atoms with E-state index in [-0.39, 0.29) is 10.9 Å². The van der Waals surface area contributed by atoms with Crippen LogP contribution in [0.1, 0.15) is 61.8 Å². The molecule has 2 aliphatic carbocycles. The van der Waals surface area contributed by atoms with Gasteiger partial charge in [-0.3, -0.25) is 9.48 Å². The van der Waals surface area contributed by atoms with Crippen molar-refractivity contribution in [1.82, 2.24) is 14.5 Å². The van der Waals surface area contributed by atoms with Gasteiger partial charge in [0.2, 0.25) is 10.0 Å². The first-order chi connectivity index (χ1) is 14.3. The fourth-order valence-corrected chi connectivity index (χ4v) is 5.13. The predicted molar refractivity (Wildman–Crippen MR) is 115 cm³/mol. The number of nitrogens with two attached hydrogens (primary N) is 1. The minimum Gasteiger partial charge on any atom is -0.365 e. The van der Waals surface area contributed by atoms with E-state index in [9.17, 15) is 13.2 Å². The summed E-state index contributed by atoms with van der Waals surface area (Å²) in [7, 11) is -3.51. The zero-order chi connectivity index (χ0) is 21.3. The number of nitrogens with zero attached hydrogens (tertiary/aromatic N) is 2. The summed E-state index contributed by atoms with van der Waals surface area (Å²) in [5.74, 6) is 0.799. The van der Waals surface area contributed by atoms with Gasteiger partial charge in [0.25, 0.3) is 5.91 Å². The Kier molecular flexibility index (Phi) is 5.84. The molecule has 2 aromatic rings. The molecule has 1 aromatic carbocycles. The highest BCUT2D eigenvalue weighted by Crippen LogP contribution is 2.34. The van der Waals surface area contributed by atoms with Crippen LogP contribution < -0.4 is 15.8 Å². The zero-order valence-electron chi connectivity index (χ0n) is 17.2. The number of amides is 1. The van der Waals surface area contributed by atoms with Crippen LogP contribution in [0.3, 0.4) is 0 Å². The van der Waals surface area contributed by atoms with Crippen molar-refractivity contribution in [2.45, 2.75) is 56.4 Å². The van der Waals surface area contributed by atoms with Gasteiger partial charge in [-0.15, -0.1) is 0 Å². The van der Waals surface area contributed by atoms with Crippen molar-refractivity contribution < 1.29 is 13.2 Å². The Bertz CT molecular complexity index is 1010. The second-order valence-corrected chi connectivity index (χ2v) is 10.3. The van der Waals surface area contributed by atoms with E-state index in [1.54, 1.807) is 30.5 Å². The van der Waals surface area contributed by atoms with Gasteiger partial charge >= 0.3 is 0 Å². The second kappa shape index (κ2) is 8.39. The Labute approximate surface area is 177 Å². The molecule has 1 heterocycles. The number of hydrogen-bond acceptors (Lipinski definition) is 5. The molecule has 0 bridgehead atoms. The molecule has 0 spiro atoms. The molecule has 1 amide bonds. The van der Waals surface area contributed by atoms with E-state index in [1.807, 2.05) is 4.68 Å². The van der Waals surface area contributed by atoms with E-state index >= 15 is 0 Å². The van der Waals surface area contributed by atoms with Gasteiger partial charge < -0.3 is 11.1 Å². The Morgan fingerprint density at radius 1 is 1.17 bits per heavy atom. The Balaban J connectivity index is 1.51. The van der Waals surface area contributed by atoms with E-state index in [1.165, 1.54) is 6.42 Å². The van der Waals surface area contributed by atoms with Crippen molar-refractivity contribution in [3.8, 4) is 0 Å². The molecule has 30 heavy (non-hydrogen) atoms. The van der Waals surface area contributed by atoms with Crippen LogP contribution in [0.25, 0.3) is 0 Å². The lowest BCUT2D eigenvalue weighted by Gasteiger charge is -2.28. The van der Waals surface area contributed by atoms with E-state index < -0.39 is 15.9 Å². The molecular weight excluding hydrogens is 402 g/mol. The van der Waals surface area contributed by atoms with E-state index in [2.05, 4.69) is 22.1 Å². The standard InChI is InChI=1S/C21H29N5O3S/c1-14-4-2-3-5-19(14)26-13-18(20(22)27)21(25-26)24-16-8-10-17(11-9-16)30(28,29)23-12-15-6-7-15/h8-11,13-15,19,23H,2-7,12H2,1H3,(H2,22,27)(H,24,25)/t14-,19-/m1/s1. The first-order valence-electron chi connectivity index (χ1n) is 10.6. The largest absolute Gasteiger partial charge is 0.365 e. The van der Waals surface area contributed by atoms with Gasteiger partial charge in [-0.05, 0) is 61.8 Å². The first-order valence-corrected chi connectivity index (χ1v) is 12.1. The molecule has 0 radical (unpaired) electrons. The molecule has 2 atom stereocenters. The second-order valence-electron chi connectivity index (χ2n) is 8.51. The smallest absolute Gasteiger partial charge is 0.254 e. The summed E-state index contributed by atoms with van der Waals surface area (Å²) >= 11 is 0. The molecule has 0 unspecified atom stereocenters. The number of benzene rings is 1. The molecule has 2 fully saturated rings. The van der Waals surface area contributed by atoms with E-state index in [0.29, 0.717) is 35.4 Å². The average molecular weight is 432 g/mol. The summed E-state index contributed by atoms with van der Waals surface area (Å²) in [6.07, 6.45) is 8.42. The van der Waals surface area contributed by atoms with Gasteiger partial charge in [0.05, 0.1) is 10.9 Å². The quantitative estimate of drug-likeness (QED) is 0.593. The minimum atomic E-state index is -3.51. The average Bonchev–Trinajstić information content (AvgIpc) is 3.46. The molecule has 4 N–H and O–H groups in total. The van der Waals surface area contributed by atoms with Gasteiger partial charge in [-0.1, -0.05) is 19.8 Å². The van der Waals surface area contributed by atoms with Crippen molar-refractivity contribution in [2.75, 3.05) is 11.9 Å². The number of carbonyl (C=O) groups is 1. The highest BCUT2D eigenvalue weighted by Gasteiger charge is 2.26. The first kappa shape index (κ1) is 20.9. The molecule has 4 rings (SSSR count). The van der Waals surface area contributed by atoms with Crippen molar-refractivity contribution in [3.05, 3.63) is 36.0 Å². The Morgan fingerprint density at radius 3 is 2.50 bits per heavy atom. The number of carbonyl (C=O) groups excluding carboxylic acids is 1. The van der Waals surface area contributed by atoms with E-state index in [4.69, 9.17) is 5.73 Å². The predicted octanol–water partition coefficient (Wildman–Crippen LogP) is 3.17. The van der Waals surface area contributed by atoms with Gasteiger partial charge in [0, 0.05) is 18.4 Å². The maximum atomic E-state index is 12.4.